The number of rotatable bonds is 3. The molecule has 2 aliphatic heterocycles. The zero-order chi connectivity index (χ0) is 17.3. The number of aromatic nitrogens is 3. The summed E-state index contributed by atoms with van der Waals surface area (Å²) in [6, 6.07) is 21.1. The third-order valence-corrected chi connectivity index (χ3v) is 6.36. The van der Waals surface area contributed by atoms with Gasteiger partial charge >= 0.3 is 0 Å². The zero-order valence-electron chi connectivity index (χ0n) is 15.2. The van der Waals surface area contributed by atoms with E-state index in [-0.39, 0.29) is 0 Å². The lowest BCUT2D eigenvalue weighted by Crippen LogP contribution is -2.47. The fourth-order valence-electron chi connectivity index (χ4n) is 5.22. The average Bonchev–Trinajstić information content (AvgIpc) is 3.14. The molecular weight excluding hydrogens is 317 g/mol. The van der Waals surface area contributed by atoms with Gasteiger partial charge in [-0.3, -0.25) is 0 Å². The van der Waals surface area contributed by atoms with E-state index in [4.69, 9.17) is 5.21 Å². The molecule has 3 nitrogen and oxygen atoms in total. The van der Waals surface area contributed by atoms with Crippen LogP contribution in [0.4, 0.5) is 0 Å². The van der Waals surface area contributed by atoms with Gasteiger partial charge in [-0.2, -0.15) is 0 Å². The van der Waals surface area contributed by atoms with Crippen LogP contribution in [0.1, 0.15) is 38.5 Å². The molecular formula is C22H25BN3+. The number of para-hydroxylation sites is 2. The Balaban J connectivity index is 1.64. The quantitative estimate of drug-likeness (QED) is 0.522. The summed E-state index contributed by atoms with van der Waals surface area (Å²) in [5.74, 6) is 1.65. The predicted octanol–water partition coefficient (Wildman–Crippen LogP) is 3.96. The molecule has 0 amide bonds. The van der Waals surface area contributed by atoms with Crippen molar-refractivity contribution >= 4 is 12.3 Å². The predicted molar refractivity (Wildman–Crippen MR) is 106 cm³/mol. The molecule has 4 heteroatoms. The minimum Gasteiger partial charge on any atom is -0.109 e. The summed E-state index contributed by atoms with van der Waals surface area (Å²) in [6.45, 7) is 0.648. The molecule has 26 heavy (non-hydrogen) atoms. The van der Waals surface area contributed by atoms with E-state index in [1.807, 2.05) is 0 Å². The second kappa shape index (κ2) is 6.75. The first-order chi connectivity index (χ1) is 12.9. The van der Waals surface area contributed by atoms with Crippen molar-refractivity contribution < 1.29 is 4.68 Å². The standard InChI is InChI=1S/C22H25BN3/c1-3-13-20(14-4-1)25-17-22(26(24-25)21-15-5-2-6-16-21)23-18-9-7-10-19(23)12-8-11-18/h1-6,13-19H,7-12H2/q+1. The fourth-order valence-corrected chi connectivity index (χ4v) is 5.22. The van der Waals surface area contributed by atoms with Crippen LogP contribution >= 0.6 is 0 Å². The van der Waals surface area contributed by atoms with Crippen LogP contribution in [0.5, 0.6) is 0 Å². The van der Waals surface area contributed by atoms with Crippen LogP contribution in [0, 0.1) is 0 Å². The molecule has 0 N–H and O–H groups in total. The summed E-state index contributed by atoms with van der Waals surface area (Å²) in [5.41, 5.74) is 3.69. The van der Waals surface area contributed by atoms with Gasteiger partial charge in [0.2, 0.25) is 6.71 Å². The molecule has 2 bridgehead atoms. The van der Waals surface area contributed by atoms with Gasteiger partial charge in [-0.25, -0.2) is 0 Å². The highest BCUT2D eigenvalue weighted by atomic mass is 15.5. The number of nitrogens with zero attached hydrogens (tertiary/aromatic N) is 3. The molecule has 5 rings (SSSR count). The van der Waals surface area contributed by atoms with Gasteiger partial charge in [0.05, 0.1) is 0 Å². The van der Waals surface area contributed by atoms with Gasteiger partial charge in [0, 0.05) is 0 Å². The Hall–Kier alpha value is -2.36. The molecule has 0 aliphatic carbocycles. The first kappa shape index (κ1) is 15.9. The van der Waals surface area contributed by atoms with E-state index in [0.717, 1.165) is 17.3 Å². The van der Waals surface area contributed by atoms with Crippen LogP contribution in [-0.2, 0) is 0 Å². The Morgan fingerprint density at radius 3 is 2.00 bits per heavy atom. The van der Waals surface area contributed by atoms with Crippen molar-refractivity contribution in [1.29, 1.82) is 0 Å². The summed E-state index contributed by atoms with van der Waals surface area (Å²) in [5, 5.41) is 4.99. The van der Waals surface area contributed by atoms with Crippen molar-refractivity contribution in [2.24, 2.45) is 0 Å². The lowest BCUT2D eigenvalue weighted by atomic mass is 9.26. The van der Waals surface area contributed by atoms with Crippen molar-refractivity contribution in [3.8, 4) is 11.4 Å². The topological polar surface area (TPSA) is 21.7 Å². The molecule has 2 aliphatic rings. The van der Waals surface area contributed by atoms with E-state index < -0.39 is 0 Å². The molecule has 1 aromatic heterocycles. The van der Waals surface area contributed by atoms with Crippen LogP contribution in [0.3, 0.4) is 0 Å². The van der Waals surface area contributed by atoms with Crippen molar-refractivity contribution in [3.63, 3.8) is 0 Å². The summed E-state index contributed by atoms with van der Waals surface area (Å²) in [4.78, 5) is 0. The van der Waals surface area contributed by atoms with Gasteiger partial charge in [0.15, 0.2) is 17.6 Å². The normalized spacial score (nSPS) is 22.4. The monoisotopic (exact) mass is 342 g/mol. The lowest BCUT2D eigenvalue weighted by molar-refractivity contribution is -0.660. The minimum atomic E-state index is 0.648. The van der Waals surface area contributed by atoms with E-state index in [0.29, 0.717) is 6.71 Å². The lowest BCUT2D eigenvalue weighted by Gasteiger charge is -2.38. The third-order valence-electron chi connectivity index (χ3n) is 6.36. The Bertz CT molecular complexity index is 853. The zero-order valence-corrected chi connectivity index (χ0v) is 15.2. The van der Waals surface area contributed by atoms with Crippen LogP contribution < -0.4 is 10.3 Å². The molecule has 2 aromatic carbocycles. The maximum atomic E-state index is 4.99. The van der Waals surface area contributed by atoms with Crippen molar-refractivity contribution in [3.05, 3.63) is 66.9 Å². The van der Waals surface area contributed by atoms with Gasteiger partial charge in [0.1, 0.15) is 10.8 Å². The van der Waals surface area contributed by atoms with E-state index in [9.17, 15) is 0 Å². The van der Waals surface area contributed by atoms with Gasteiger partial charge in [0.25, 0.3) is 0 Å². The van der Waals surface area contributed by atoms with Gasteiger partial charge in [-0.1, -0.05) is 86.6 Å². The largest absolute Gasteiger partial charge is 0.243 e. The summed E-state index contributed by atoms with van der Waals surface area (Å²) >= 11 is 0. The summed E-state index contributed by atoms with van der Waals surface area (Å²) in [7, 11) is 0. The fraction of sp³-hybridized carbons (Fsp3) is 0.364. The van der Waals surface area contributed by atoms with Crippen LogP contribution in [0.2, 0.25) is 11.6 Å². The molecule has 2 fully saturated rings. The van der Waals surface area contributed by atoms with E-state index in [2.05, 4.69) is 76.2 Å². The Kier molecular flexibility index (Phi) is 4.12. The maximum Gasteiger partial charge on any atom is 0.243 e. The Morgan fingerprint density at radius 2 is 1.38 bits per heavy atom. The van der Waals surface area contributed by atoms with Crippen LogP contribution in [0.25, 0.3) is 11.4 Å². The summed E-state index contributed by atoms with van der Waals surface area (Å²) < 4.78 is 4.26. The van der Waals surface area contributed by atoms with Crippen molar-refractivity contribution in [2.75, 3.05) is 0 Å². The molecule has 0 atom stereocenters. The third kappa shape index (κ3) is 2.78. The van der Waals surface area contributed by atoms with E-state index >= 15 is 0 Å². The molecule has 0 unspecified atom stereocenters. The average molecular weight is 342 g/mol. The summed E-state index contributed by atoms with van der Waals surface area (Å²) in [6.07, 6.45) is 10.6. The highest BCUT2D eigenvalue weighted by molar-refractivity contribution is 6.75. The first-order valence-electron chi connectivity index (χ1n) is 10.0. The number of hydrogen-bond donors (Lipinski definition) is 0. The van der Waals surface area contributed by atoms with Gasteiger partial charge in [-0.15, -0.1) is 9.36 Å². The van der Waals surface area contributed by atoms with E-state index in [1.165, 1.54) is 49.8 Å². The highest BCUT2D eigenvalue weighted by Crippen LogP contribution is 2.46. The van der Waals surface area contributed by atoms with Crippen molar-refractivity contribution in [2.45, 2.75) is 50.2 Å². The molecule has 0 saturated carbocycles. The maximum absolute atomic E-state index is 4.99. The van der Waals surface area contributed by atoms with Crippen LogP contribution in [0.15, 0.2) is 66.9 Å². The molecule has 130 valence electrons. The minimum absolute atomic E-state index is 0.648. The van der Waals surface area contributed by atoms with Gasteiger partial charge < -0.3 is 0 Å². The second-order valence-electron chi connectivity index (χ2n) is 7.88. The first-order valence-corrected chi connectivity index (χ1v) is 10.0. The van der Waals surface area contributed by atoms with E-state index in [1.54, 1.807) is 0 Å². The SMILES string of the molecule is c1ccc(-n2n[n+](-c3ccccc3)cc2B2C3CCCC2CCC3)cc1. The molecule has 0 radical (unpaired) electrons. The number of benzene rings is 2. The van der Waals surface area contributed by atoms with Crippen molar-refractivity contribution in [1.82, 2.24) is 9.90 Å². The number of fused-ring (bicyclic) bond motifs is 2. The molecule has 2 saturated heterocycles. The molecule has 3 heterocycles. The van der Waals surface area contributed by atoms with Crippen LogP contribution in [-0.4, -0.2) is 16.6 Å². The number of hydrogen-bond acceptors (Lipinski definition) is 1. The highest BCUT2D eigenvalue weighted by Gasteiger charge is 2.45. The van der Waals surface area contributed by atoms with Gasteiger partial charge in [-0.05, 0) is 24.3 Å². The Morgan fingerprint density at radius 1 is 0.808 bits per heavy atom. The second-order valence-corrected chi connectivity index (χ2v) is 7.88. The molecule has 3 aromatic rings. The smallest absolute Gasteiger partial charge is 0.109 e. The molecule has 0 spiro atoms. The Labute approximate surface area is 155 Å².